The van der Waals surface area contributed by atoms with Crippen molar-refractivity contribution in [3.05, 3.63) is 104 Å². The Bertz CT molecular complexity index is 1860. The highest BCUT2D eigenvalue weighted by Gasteiger charge is 2.49. The van der Waals surface area contributed by atoms with Gasteiger partial charge in [0.05, 0.1) is 23.7 Å². The Morgan fingerprint density at radius 2 is 1.69 bits per heavy atom. The standard InChI is InChI=1S/C28H19Cl2F2N5O4S/c29-17-9-5-15(6-10-17)22-13-21(34-37(22)27(39)28(31,32)14-23-35-41-42(40)36-23)25-24(16-7-11-18(30)12-8-16)19-3-1-2-4-20(19)33-26(25)38/h1-12,22H,13-14H2,(H,33,38)(H,35,36)/t22-,42?/m0/s1. The molecule has 42 heavy (non-hydrogen) atoms. The Labute approximate surface area is 249 Å². The number of hydrazone groups is 1. The number of hydroxylamine groups is 1. The summed E-state index contributed by atoms with van der Waals surface area (Å²) in [5.41, 5.74) is 4.02. The topological polar surface area (TPSA) is 116 Å². The van der Waals surface area contributed by atoms with Crippen LogP contribution in [0.15, 0.2) is 87.1 Å². The first-order valence-corrected chi connectivity index (χ1v) is 14.3. The summed E-state index contributed by atoms with van der Waals surface area (Å²) in [5, 5.41) is 6.63. The Morgan fingerprint density at radius 3 is 2.36 bits per heavy atom. The molecule has 1 unspecified atom stereocenters. The molecule has 0 bridgehead atoms. The number of benzene rings is 3. The molecule has 1 aromatic heterocycles. The number of pyridine rings is 1. The van der Waals surface area contributed by atoms with Crippen LogP contribution in [0.5, 0.6) is 0 Å². The number of carbonyl (C=O) groups excluding carboxylic acids is 1. The number of hydrogen-bond acceptors (Lipinski definition) is 6. The quantitative estimate of drug-likeness (QED) is 0.283. The average molecular weight is 630 g/mol. The van der Waals surface area contributed by atoms with Crippen molar-refractivity contribution in [1.82, 2.24) is 15.5 Å². The van der Waals surface area contributed by atoms with E-state index in [2.05, 4.69) is 18.8 Å². The SMILES string of the molecule is O=C(N1N=C(c2c(-c3ccc(Cl)cc3)c3ccccc3[nH]c2=O)C[C@H]1c1ccc(Cl)cc1)C(F)(F)CC1=NS(=O)ON1. The summed E-state index contributed by atoms with van der Waals surface area (Å²) in [6.45, 7) is 0. The summed E-state index contributed by atoms with van der Waals surface area (Å²) in [6, 6.07) is 19.4. The van der Waals surface area contributed by atoms with Crippen molar-refractivity contribution in [2.24, 2.45) is 9.50 Å². The lowest BCUT2D eigenvalue weighted by atomic mass is 9.91. The van der Waals surface area contributed by atoms with E-state index in [-0.39, 0.29) is 17.7 Å². The lowest BCUT2D eigenvalue weighted by Gasteiger charge is -2.26. The largest absolute Gasteiger partial charge is 0.333 e. The van der Waals surface area contributed by atoms with Gasteiger partial charge in [-0.3, -0.25) is 9.59 Å². The molecule has 9 nitrogen and oxygen atoms in total. The number of nitrogens with one attached hydrogen (secondary N) is 2. The van der Waals surface area contributed by atoms with E-state index in [1.54, 1.807) is 60.7 Å². The number of H-pyrrole nitrogens is 1. The van der Waals surface area contributed by atoms with Crippen LogP contribution in [0.2, 0.25) is 10.0 Å². The molecule has 1 amide bonds. The molecule has 3 aromatic carbocycles. The third kappa shape index (κ3) is 5.34. The van der Waals surface area contributed by atoms with Crippen LogP contribution in [0.25, 0.3) is 22.0 Å². The number of alkyl halides is 2. The van der Waals surface area contributed by atoms with Crippen LogP contribution in [0.3, 0.4) is 0 Å². The maximum atomic E-state index is 15.4. The van der Waals surface area contributed by atoms with Crippen LogP contribution in [0.1, 0.15) is 30.0 Å². The van der Waals surface area contributed by atoms with Crippen molar-refractivity contribution in [3.63, 3.8) is 0 Å². The summed E-state index contributed by atoms with van der Waals surface area (Å²) < 4.78 is 50.0. The van der Waals surface area contributed by atoms with Crippen molar-refractivity contribution < 1.29 is 22.1 Å². The molecule has 2 N–H and O–H groups in total. The predicted octanol–water partition coefficient (Wildman–Crippen LogP) is 5.72. The second kappa shape index (κ2) is 11.0. The molecule has 0 spiro atoms. The van der Waals surface area contributed by atoms with Crippen LogP contribution in [0, 0.1) is 0 Å². The molecule has 0 radical (unpaired) electrons. The molecule has 6 rings (SSSR count). The number of fused-ring (bicyclic) bond motifs is 1. The fraction of sp³-hybridized carbons (Fsp3) is 0.143. The fourth-order valence-corrected chi connectivity index (χ4v) is 5.70. The first-order chi connectivity index (χ1) is 20.1. The lowest BCUT2D eigenvalue weighted by Crippen LogP contribution is -2.43. The number of amides is 1. The summed E-state index contributed by atoms with van der Waals surface area (Å²) in [6.07, 6.45) is -1.24. The minimum atomic E-state index is -4.01. The molecular weight excluding hydrogens is 611 g/mol. The van der Waals surface area contributed by atoms with Crippen LogP contribution >= 0.6 is 23.2 Å². The number of para-hydroxylation sites is 1. The van der Waals surface area contributed by atoms with Gasteiger partial charge in [-0.05, 0) is 41.5 Å². The van der Waals surface area contributed by atoms with E-state index < -0.39 is 47.0 Å². The van der Waals surface area contributed by atoms with Gasteiger partial charge in [0.2, 0.25) is 0 Å². The van der Waals surface area contributed by atoms with Crippen molar-refractivity contribution >= 4 is 62.8 Å². The number of aromatic amines is 1. The number of nitrogens with zero attached hydrogens (tertiary/aromatic N) is 3. The molecule has 14 heteroatoms. The normalized spacial score (nSPS) is 18.6. The summed E-state index contributed by atoms with van der Waals surface area (Å²) in [7, 11) is 0. The van der Waals surface area contributed by atoms with E-state index >= 15 is 8.78 Å². The molecule has 0 aliphatic carbocycles. The molecular formula is C28H19Cl2F2N5O4S. The van der Waals surface area contributed by atoms with E-state index in [0.717, 1.165) is 0 Å². The van der Waals surface area contributed by atoms with Gasteiger partial charge in [-0.1, -0.05) is 65.7 Å². The zero-order valence-electron chi connectivity index (χ0n) is 21.3. The Hall–Kier alpha value is -3.97. The van der Waals surface area contributed by atoms with Crippen LogP contribution in [-0.4, -0.2) is 37.6 Å². The van der Waals surface area contributed by atoms with Gasteiger partial charge in [0.1, 0.15) is 5.84 Å². The Balaban J connectivity index is 1.50. The zero-order chi connectivity index (χ0) is 29.6. The molecule has 2 aliphatic rings. The van der Waals surface area contributed by atoms with Gasteiger partial charge in [0.25, 0.3) is 5.56 Å². The van der Waals surface area contributed by atoms with Gasteiger partial charge in [-0.15, -0.1) is 4.40 Å². The lowest BCUT2D eigenvalue weighted by molar-refractivity contribution is -0.158. The van der Waals surface area contributed by atoms with E-state index in [0.29, 0.717) is 42.6 Å². The van der Waals surface area contributed by atoms with Crippen molar-refractivity contribution in [3.8, 4) is 11.1 Å². The highest BCUT2D eigenvalue weighted by Crippen LogP contribution is 2.39. The molecule has 0 fully saturated rings. The summed E-state index contributed by atoms with van der Waals surface area (Å²) in [5.74, 6) is -6.10. The number of hydrogen-bond donors (Lipinski definition) is 2. The second-order valence-corrected chi connectivity index (χ2v) is 11.2. The number of amidine groups is 1. The van der Waals surface area contributed by atoms with Gasteiger partial charge in [0.15, 0.2) is 0 Å². The molecule has 0 saturated carbocycles. The monoisotopic (exact) mass is 629 g/mol. The van der Waals surface area contributed by atoms with E-state index in [1.165, 1.54) is 0 Å². The zero-order valence-corrected chi connectivity index (χ0v) is 23.6. The van der Waals surface area contributed by atoms with E-state index in [9.17, 15) is 13.8 Å². The maximum Gasteiger partial charge on any atom is 0.333 e. The van der Waals surface area contributed by atoms with Crippen LogP contribution < -0.4 is 11.0 Å². The van der Waals surface area contributed by atoms with E-state index in [4.69, 9.17) is 23.2 Å². The summed E-state index contributed by atoms with van der Waals surface area (Å²) in [4.78, 5) is 29.8. The van der Waals surface area contributed by atoms with Crippen molar-refractivity contribution in [1.29, 1.82) is 0 Å². The Kier molecular flexibility index (Phi) is 7.39. The van der Waals surface area contributed by atoms with Gasteiger partial charge in [-0.25, -0.2) is 14.7 Å². The molecule has 214 valence electrons. The van der Waals surface area contributed by atoms with E-state index in [1.807, 2.05) is 17.6 Å². The van der Waals surface area contributed by atoms with Gasteiger partial charge >= 0.3 is 23.1 Å². The molecule has 4 aromatic rings. The highest BCUT2D eigenvalue weighted by atomic mass is 35.5. The third-order valence-electron chi connectivity index (χ3n) is 6.83. The molecule has 0 saturated heterocycles. The van der Waals surface area contributed by atoms with Gasteiger partial charge in [-0.2, -0.15) is 18.2 Å². The molecule has 2 atom stereocenters. The molecule has 3 heterocycles. The first-order valence-electron chi connectivity index (χ1n) is 12.5. The van der Waals surface area contributed by atoms with Gasteiger partial charge in [0, 0.05) is 32.9 Å². The van der Waals surface area contributed by atoms with Gasteiger partial charge < -0.3 is 4.98 Å². The number of aromatic nitrogens is 1. The van der Waals surface area contributed by atoms with Crippen LogP contribution in [0.4, 0.5) is 8.78 Å². The summed E-state index contributed by atoms with van der Waals surface area (Å²) >= 11 is 10.0. The highest BCUT2D eigenvalue weighted by molar-refractivity contribution is 7.79. The van der Waals surface area contributed by atoms with Crippen molar-refractivity contribution in [2.75, 3.05) is 0 Å². The van der Waals surface area contributed by atoms with Crippen molar-refractivity contribution in [2.45, 2.75) is 24.8 Å². The third-order valence-corrected chi connectivity index (χ3v) is 7.93. The first kappa shape index (κ1) is 28.2. The number of halogens is 4. The molecule has 2 aliphatic heterocycles. The smallest absolute Gasteiger partial charge is 0.321 e. The second-order valence-electron chi connectivity index (χ2n) is 9.55. The minimum absolute atomic E-state index is 0.0439. The minimum Gasteiger partial charge on any atom is -0.321 e. The fourth-order valence-electron chi connectivity index (χ4n) is 4.96. The average Bonchev–Trinajstić information content (AvgIpc) is 3.58. The number of rotatable bonds is 6. The predicted molar refractivity (Wildman–Crippen MR) is 157 cm³/mol. The number of carbonyl (C=O) groups is 1. The maximum absolute atomic E-state index is 15.4. The van der Waals surface area contributed by atoms with Crippen LogP contribution in [-0.2, 0) is 20.3 Å². The Morgan fingerprint density at radius 1 is 1.02 bits per heavy atom.